The smallest absolute Gasteiger partial charge is 0.124 e. The number of nitrogens with zero attached hydrogens (tertiary/aromatic N) is 1. The predicted octanol–water partition coefficient (Wildman–Crippen LogP) is 0.363. The van der Waals surface area contributed by atoms with Crippen LogP contribution in [0.4, 0.5) is 0 Å². The van der Waals surface area contributed by atoms with Gasteiger partial charge in [-0.2, -0.15) is 0 Å². The Morgan fingerprint density at radius 1 is 1.90 bits per heavy atom. The van der Waals surface area contributed by atoms with Gasteiger partial charge in [-0.25, -0.2) is 4.99 Å². The van der Waals surface area contributed by atoms with Gasteiger partial charge in [-0.05, 0) is 6.08 Å². The van der Waals surface area contributed by atoms with Crippen LogP contribution in [-0.4, -0.2) is 12.0 Å². The van der Waals surface area contributed by atoms with Crippen LogP contribution in [0.1, 0.15) is 6.42 Å². The summed E-state index contributed by atoms with van der Waals surface area (Å²) in [4.78, 5) is 4.10. The van der Waals surface area contributed by atoms with Crippen molar-refractivity contribution < 1.29 is 0 Å². The van der Waals surface area contributed by atoms with E-state index in [2.05, 4.69) is 16.9 Å². The molecule has 1 heterocycles. The van der Waals surface area contributed by atoms with Crippen LogP contribution >= 0.6 is 0 Å². The normalized spacial score (nSPS) is 23.2. The molecular formula is C7H11N3. The van der Waals surface area contributed by atoms with Gasteiger partial charge in [0, 0.05) is 12.6 Å². The third kappa shape index (κ3) is 1.62. The van der Waals surface area contributed by atoms with Crippen LogP contribution in [0.5, 0.6) is 0 Å². The summed E-state index contributed by atoms with van der Waals surface area (Å²) in [7, 11) is 0. The van der Waals surface area contributed by atoms with Crippen LogP contribution in [0.25, 0.3) is 0 Å². The second kappa shape index (κ2) is 3.06. The second-order valence-electron chi connectivity index (χ2n) is 2.09. The van der Waals surface area contributed by atoms with Gasteiger partial charge in [-0.15, -0.1) is 6.58 Å². The molecule has 3 nitrogen and oxygen atoms in total. The summed E-state index contributed by atoms with van der Waals surface area (Å²) in [6.45, 7) is 3.61. The molecule has 0 saturated carbocycles. The lowest BCUT2D eigenvalue weighted by atomic mass is 10.3. The van der Waals surface area contributed by atoms with Gasteiger partial charge in [0.25, 0.3) is 0 Å². The summed E-state index contributed by atoms with van der Waals surface area (Å²) in [5.74, 6) is 0.575. The third-order valence-electron chi connectivity index (χ3n) is 1.24. The minimum absolute atomic E-state index is 0.0856. The Kier molecular flexibility index (Phi) is 2.10. The topological polar surface area (TPSA) is 50.4 Å². The molecule has 1 atom stereocenters. The Bertz CT molecular complexity index is 179. The van der Waals surface area contributed by atoms with Gasteiger partial charge in [-0.3, -0.25) is 0 Å². The Labute approximate surface area is 60.3 Å². The van der Waals surface area contributed by atoms with E-state index in [1.807, 2.05) is 6.08 Å². The van der Waals surface area contributed by atoms with Crippen LogP contribution in [0.2, 0.25) is 0 Å². The summed E-state index contributed by atoms with van der Waals surface area (Å²) < 4.78 is 0. The number of nitrogens with one attached hydrogen (secondary N) is 1. The van der Waals surface area contributed by atoms with Gasteiger partial charge in [-0.1, -0.05) is 6.08 Å². The zero-order valence-corrected chi connectivity index (χ0v) is 5.75. The number of amidine groups is 1. The summed E-state index contributed by atoms with van der Waals surface area (Å²) in [5, 5.41) is 3.03. The molecule has 0 aromatic heterocycles. The van der Waals surface area contributed by atoms with Gasteiger partial charge < -0.3 is 11.1 Å². The number of hydrogen-bond donors (Lipinski definition) is 2. The molecule has 0 aromatic rings. The highest BCUT2D eigenvalue weighted by molar-refractivity contribution is 5.91. The maximum Gasteiger partial charge on any atom is 0.124 e. The van der Waals surface area contributed by atoms with E-state index in [9.17, 15) is 0 Å². The average Bonchev–Trinajstić information content (AvgIpc) is 1.88. The molecule has 3 N–H and O–H groups in total. The number of nitrogens with two attached hydrogens (primary N) is 1. The molecule has 0 spiro atoms. The van der Waals surface area contributed by atoms with Crippen LogP contribution in [-0.2, 0) is 0 Å². The summed E-state index contributed by atoms with van der Waals surface area (Å²) >= 11 is 0. The second-order valence-corrected chi connectivity index (χ2v) is 2.09. The molecule has 0 radical (unpaired) electrons. The van der Waals surface area contributed by atoms with Crippen molar-refractivity contribution in [2.75, 3.05) is 0 Å². The minimum atomic E-state index is 0.0856. The van der Waals surface area contributed by atoms with Crippen molar-refractivity contribution in [2.24, 2.45) is 10.7 Å². The van der Waals surface area contributed by atoms with Crippen molar-refractivity contribution >= 4 is 5.84 Å². The van der Waals surface area contributed by atoms with Crippen LogP contribution in [0.15, 0.2) is 29.9 Å². The molecule has 0 bridgehead atoms. The van der Waals surface area contributed by atoms with Gasteiger partial charge >= 0.3 is 0 Å². The third-order valence-corrected chi connectivity index (χ3v) is 1.24. The SMILES string of the molecule is C=CCC1N=C(N)C=CN1. The molecule has 1 aliphatic rings. The molecule has 0 aliphatic carbocycles. The van der Waals surface area contributed by atoms with Crippen molar-refractivity contribution in [1.29, 1.82) is 0 Å². The van der Waals surface area contributed by atoms with Gasteiger partial charge in [0.05, 0.1) is 0 Å². The lowest BCUT2D eigenvalue weighted by Gasteiger charge is -2.14. The molecule has 1 unspecified atom stereocenters. The molecule has 0 fully saturated rings. The highest BCUT2D eigenvalue weighted by Gasteiger charge is 2.03. The Balaban J connectivity index is 2.51. The van der Waals surface area contributed by atoms with E-state index in [1.165, 1.54) is 0 Å². The summed E-state index contributed by atoms with van der Waals surface area (Å²) in [6.07, 6.45) is 6.25. The first-order chi connectivity index (χ1) is 4.83. The molecule has 0 amide bonds. The fourth-order valence-electron chi connectivity index (χ4n) is 0.783. The van der Waals surface area contributed by atoms with Crippen LogP contribution in [0.3, 0.4) is 0 Å². The number of rotatable bonds is 2. The van der Waals surface area contributed by atoms with Crippen molar-refractivity contribution in [3.8, 4) is 0 Å². The summed E-state index contributed by atoms with van der Waals surface area (Å²) in [5.41, 5.74) is 5.44. The largest absolute Gasteiger partial charge is 0.384 e. The van der Waals surface area contributed by atoms with Crippen molar-refractivity contribution in [1.82, 2.24) is 5.32 Å². The van der Waals surface area contributed by atoms with E-state index in [0.717, 1.165) is 6.42 Å². The highest BCUT2D eigenvalue weighted by Crippen LogP contribution is 1.98. The van der Waals surface area contributed by atoms with E-state index in [1.54, 1.807) is 12.3 Å². The van der Waals surface area contributed by atoms with Crippen molar-refractivity contribution in [2.45, 2.75) is 12.6 Å². The lowest BCUT2D eigenvalue weighted by Crippen LogP contribution is -2.29. The first kappa shape index (κ1) is 6.86. The van der Waals surface area contributed by atoms with Crippen molar-refractivity contribution in [3.63, 3.8) is 0 Å². The maximum atomic E-state index is 5.44. The van der Waals surface area contributed by atoms with E-state index < -0.39 is 0 Å². The van der Waals surface area contributed by atoms with Crippen molar-refractivity contribution in [3.05, 3.63) is 24.9 Å². The minimum Gasteiger partial charge on any atom is -0.384 e. The molecular weight excluding hydrogens is 126 g/mol. The van der Waals surface area contributed by atoms with Crippen LogP contribution in [0, 0.1) is 0 Å². The molecule has 54 valence electrons. The zero-order chi connectivity index (χ0) is 7.40. The molecule has 1 aliphatic heterocycles. The fraction of sp³-hybridized carbons (Fsp3) is 0.286. The first-order valence-corrected chi connectivity index (χ1v) is 3.19. The van der Waals surface area contributed by atoms with Gasteiger partial charge in [0.15, 0.2) is 0 Å². The maximum absolute atomic E-state index is 5.44. The predicted molar refractivity (Wildman–Crippen MR) is 42.5 cm³/mol. The Morgan fingerprint density at radius 3 is 3.30 bits per heavy atom. The molecule has 0 aromatic carbocycles. The monoisotopic (exact) mass is 137 g/mol. The zero-order valence-electron chi connectivity index (χ0n) is 5.75. The highest BCUT2D eigenvalue weighted by atomic mass is 15.1. The summed E-state index contributed by atoms with van der Waals surface area (Å²) in [6, 6.07) is 0. The van der Waals surface area contributed by atoms with Gasteiger partial charge in [0.1, 0.15) is 12.0 Å². The molecule has 10 heavy (non-hydrogen) atoms. The Morgan fingerprint density at radius 2 is 2.70 bits per heavy atom. The standard InChI is InChI=1S/C7H11N3/c1-2-3-7-9-5-4-6(8)10-7/h2,4-5,7,9H,1,3H2,(H2,8,10). The van der Waals surface area contributed by atoms with E-state index in [4.69, 9.17) is 5.73 Å². The van der Waals surface area contributed by atoms with E-state index >= 15 is 0 Å². The quantitative estimate of drug-likeness (QED) is 0.540. The van der Waals surface area contributed by atoms with E-state index in [0.29, 0.717) is 5.84 Å². The number of aliphatic imine (C=N–C) groups is 1. The molecule has 1 rings (SSSR count). The molecule has 0 saturated heterocycles. The molecule has 3 heteroatoms. The average molecular weight is 137 g/mol. The van der Waals surface area contributed by atoms with Crippen LogP contribution < -0.4 is 11.1 Å². The van der Waals surface area contributed by atoms with E-state index in [-0.39, 0.29) is 6.17 Å². The fourth-order valence-corrected chi connectivity index (χ4v) is 0.783. The van der Waals surface area contributed by atoms with Gasteiger partial charge in [0.2, 0.25) is 0 Å². The number of hydrogen-bond acceptors (Lipinski definition) is 3. The lowest BCUT2D eigenvalue weighted by molar-refractivity contribution is 0.616. The Hall–Kier alpha value is -1.25. The first-order valence-electron chi connectivity index (χ1n) is 3.19.